The van der Waals surface area contributed by atoms with Crippen LogP contribution in [0.15, 0.2) is 54.7 Å². The van der Waals surface area contributed by atoms with Gasteiger partial charge in [-0.05, 0) is 41.6 Å². The van der Waals surface area contributed by atoms with Gasteiger partial charge in [0.15, 0.2) is 0 Å². The first kappa shape index (κ1) is 13.2. The van der Waals surface area contributed by atoms with E-state index in [1.165, 1.54) is 22.0 Å². The largest absolute Gasteiger partial charge is 0.361 e. The molecule has 1 heterocycles. The summed E-state index contributed by atoms with van der Waals surface area (Å²) in [5.74, 6) is 0. The van der Waals surface area contributed by atoms with E-state index in [9.17, 15) is 0 Å². The van der Waals surface area contributed by atoms with Crippen LogP contribution >= 0.6 is 11.6 Å². The second-order valence-corrected chi connectivity index (χ2v) is 5.45. The molecule has 0 aliphatic heterocycles. The molecule has 0 bridgehead atoms. The maximum atomic E-state index is 5.92. The summed E-state index contributed by atoms with van der Waals surface area (Å²) in [6.45, 7) is 3.00. The van der Waals surface area contributed by atoms with E-state index in [0.717, 1.165) is 11.6 Å². The van der Waals surface area contributed by atoms with E-state index in [0.29, 0.717) is 0 Å². The van der Waals surface area contributed by atoms with Crippen molar-refractivity contribution in [2.75, 3.05) is 0 Å². The van der Waals surface area contributed by atoms with Crippen molar-refractivity contribution < 1.29 is 0 Å². The smallest absolute Gasteiger partial charge is 0.0499 e. The molecule has 0 fully saturated rings. The lowest BCUT2D eigenvalue weighted by atomic mass is 10.1. The molecule has 0 saturated heterocycles. The van der Waals surface area contributed by atoms with Gasteiger partial charge in [0.2, 0.25) is 0 Å². The molecule has 0 saturated carbocycles. The second-order valence-electron chi connectivity index (χ2n) is 5.01. The minimum absolute atomic E-state index is 0.289. The van der Waals surface area contributed by atoms with Crippen LogP contribution in [0.5, 0.6) is 0 Å². The summed E-state index contributed by atoms with van der Waals surface area (Å²) < 4.78 is 0. The van der Waals surface area contributed by atoms with E-state index in [4.69, 9.17) is 11.6 Å². The van der Waals surface area contributed by atoms with Gasteiger partial charge in [0, 0.05) is 29.3 Å². The van der Waals surface area contributed by atoms with E-state index in [-0.39, 0.29) is 6.04 Å². The third-order valence-electron chi connectivity index (χ3n) is 3.64. The summed E-state index contributed by atoms with van der Waals surface area (Å²) >= 11 is 5.92. The molecule has 3 rings (SSSR count). The molecule has 0 amide bonds. The summed E-state index contributed by atoms with van der Waals surface area (Å²) in [6.07, 6.45) is 1.98. The Bertz CT molecular complexity index is 700. The molecule has 2 nitrogen and oxygen atoms in total. The standard InChI is InChI=1S/C17H17ClN2/c1-12(13-5-7-16(18)8-6-13)20-11-15-4-2-3-14-9-10-19-17(14)15/h2-10,12,19-20H,11H2,1H3/t12-/m1/s1. The Kier molecular flexibility index (Phi) is 3.77. The molecule has 20 heavy (non-hydrogen) atoms. The molecule has 0 spiro atoms. The number of aromatic amines is 1. The van der Waals surface area contributed by atoms with Gasteiger partial charge in [-0.1, -0.05) is 41.9 Å². The number of benzene rings is 2. The molecule has 2 aromatic carbocycles. The predicted molar refractivity (Wildman–Crippen MR) is 85.0 cm³/mol. The van der Waals surface area contributed by atoms with Crippen molar-refractivity contribution in [2.45, 2.75) is 19.5 Å². The van der Waals surface area contributed by atoms with Gasteiger partial charge in [-0.3, -0.25) is 0 Å². The lowest BCUT2D eigenvalue weighted by molar-refractivity contribution is 0.576. The average Bonchev–Trinajstić information content (AvgIpc) is 2.94. The van der Waals surface area contributed by atoms with Crippen LogP contribution in [0.25, 0.3) is 10.9 Å². The van der Waals surface area contributed by atoms with Gasteiger partial charge >= 0.3 is 0 Å². The number of aromatic nitrogens is 1. The zero-order chi connectivity index (χ0) is 13.9. The molecule has 0 aliphatic rings. The maximum absolute atomic E-state index is 5.92. The highest BCUT2D eigenvalue weighted by atomic mass is 35.5. The lowest BCUT2D eigenvalue weighted by Crippen LogP contribution is -2.18. The van der Waals surface area contributed by atoms with Crippen LogP contribution in [-0.2, 0) is 6.54 Å². The van der Waals surface area contributed by atoms with E-state index in [1.807, 2.05) is 18.3 Å². The zero-order valence-electron chi connectivity index (χ0n) is 11.4. The molecule has 0 unspecified atom stereocenters. The van der Waals surface area contributed by atoms with Crippen molar-refractivity contribution in [3.8, 4) is 0 Å². The van der Waals surface area contributed by atoms with Crippen LogP contribution < -0.4 is 5.32 Å². The first-order valence-corrected chi connectivity index (χ1v) is 7.15. The minimum atomic E-state index is 0.289. The molecule has 102 valence electrons. The summed E-state index contributed by atoms with van der Waals surface area (Å²) in [5, 5.41) is 5.58. The van der Waals surface area contributed by atoms with Crippen LogP contribution in [0.2, 0.25) is 5.02 Å². The number of rotatable bonds is 4. The minimum Gasteiger partial charge on any atom is -0.361 e. The molecule has 3 heteroatoms. The SMILES string of the molecule is C[C@@H](NCc1cccc2cc[nH]c12)c1ccc(Cl)cc1. The van der Waals surface area contributed by atoms with E-state index < -0.39 is 0 Å². The van der Waals surface area contributed by atoms with Gasteiger partial charge in [-0.25, -0.2) is 0 Å². The fourth-order valence-corrected chi connectivity index (χ4v) is 2.56. The number of para-hydroxylation sites is 1. The molecule has 0 aliphatic carbocycles. The molecular weight excluding hydrogens is 268 g/mol. The number of nitrogens with one attached hydrogen (secondary N) is 2. The van der Waals surface area contributed by atoms with Crippen molar-refractivity contribution in [3.05, 3.63) is 70.9 Å². The third-order valence-corrected chi connectivity index (χ3v) is 3.89. The van der Waals surface area contributed by atoms with Crippen molar-refractivity contribution in [3.63, 3.8) is 0 Å². The summed E-state index contributed by atoms with van der Waals surface area (Å²) in [6, 6.07) is 16.8. The Morgan fingerprint density at radius 3 is 2.70 bits per heavy atom. The van der Waals surface area contributed by atoms with E-state index in [1.54, 1.807) is 0 Å². The first-order valence-electron chi connectivity index (χ1n) is 6.78. The van der Waals surface area contributed by atoms with E-state index in [2.05, 4.69) is 53.6 Å². The Labute approximate surface area is 123 Å². The second kappa shape index (κ2) is 5.70. The fourth-order valence-electron chi connectivity index (χ4n) is 2.43. The molecule has 0 radical (unpaired) electrons. The lowest BCUT2D eigenvalue weighted by Gasteiger charge is -2.15. The van der Waals surface area contributed by atoms with E-state index >= 15 is 0 Å². The Morgan fingerprint density at radius 1 is 1.10 bits per heavy atom. The number of hydrogen-bond donors (Lipinski definition) is 2. The van der Waals surface area contributed by atoms with Crippen LogP contribution in [-0.4, -0.2) is 4.98 Å². The summed E-state index contributed by atoms with van der Waals surface area (Å²) in [4.78, 5) is 3.30. The fraction of sp³-hybridized carbons (Fsp3) is 0.176. The monoisotopic (exact) mass is 284 g/mol. The predicted octanol–water partition coefficient (Wildman–Crippen LogP) is 4.67. The van der Waals surface area contributed by atoms with Crippen molar-refractivity contribution >= 4 is 22.5 Å². The summed E-state index contributed by atoms with van der Waals surface area (Å²) in [5.41, 5.74) is 3.74. The van der Waals surface area contributed by atoms with Crippen LogP contribution in [0.1, 0.15) is 24.1 Å². The van der Waals surface area contributed by atoms with Crippen LogP contribution in [0.4, 0.5) is 0 Å². The maximum Gasteiger partial charge on any atom is 0.0499 e. The Morgan fingerprint density at radius 2 is 1.90 bits per heavy atom. The Hall–Kier alpha value is -1.77. The van der Waals surface area contributed by atoms with Gasteiger partial charge in [-0.15, -0.1) is 0 Å². The van der Waals surface area contributed by atoms with Gasteiger partial charge in [0.1, 0.15) is 0 Å². The quantitative estimate of drug-likeness (QED) is 0.716. The molecule has 1 atom stereocenters. The number of fused-ring (bicyclic) bond motifs is 1. The highest BCUT2D eigenvalue weighted by Gasteiger charge is 2.06. The highest BCUT2D eigenvalue weighted by molar-refractivity contribution is 6.30. The molecular formula is C17H17ClN2. The molecule has 2 N–H and O–H groups in total. The highest BCUT2D eigenvalue weighted by Crippen LogP contribution is 2.19. The number of halogens is 1. The van der Waals surface area contributed by atoms with Gasteiger partial charge < -0.3 is 10.3 Å². The van der Waals surface area contributed by atoms with Gasteiger partial charge in [0.25, 0.3) is 0 Å². The Balaban J connectivity index is 1.73. The first-order chi connectivity index (χ1) is 9.74. The van der Waals surface area contributed by atoms with Gasteiger partial charge in [0.05, 0.1) is 0 Å². The number of H-pyrrole nitrogens is 1. The molecule has 3 aromatic rings. The van der Waals surface area contributed by atoms with Crippen molar-refractivity contribution in [1.29, 1.82) is 0 Å². The number of hydrogen-bond acceptors (Lipinski definition) is 1. The average molecular weight is 285 g/mol. The zero-order valence-corrected chi connectivity index (χ0v) is 12.1. The topological polar surface area (TPSA) is 27.8 Å². The third kappa shape index (κ3) is 2.72. The molecule has 1 aromatic heterocycles. The van der Waals surface area contributed by atoms with Crippen molar-refractivity contribution in [2.24, 2.45) is 0 Å². The van der Waals surface area contributed by atoms with Crippen molar-refractivity contribution in [1.82, 2.24) is 10.3 Å². The van der Waals surface area contributed by atoms with Crippen LogP contribution in [0, 0.1) is 0 Å². The van der Waals surface area contributed by atoms with Crippen LogP contribution in [0.3, 0.4) is 0 Å². The summed E-state index contributed by atoms with van der Waals surface area (Å²) in [7, 11) is 0. The van der Waals surface area contributed by atoms with Gasteiger partial charge in [-0.2, -0.15) is 0 Å². The normalized spacial score (nSPS) is 12.7.